The van der Waals surface area contributed by atoms with Crippen LogP contribution in [-0.4, -0.2) is 50.4 Å². The molecule has 0 fully saturated rings. The molecule has 5 rings (SSSR count). The first kappa shape index (κ1) is 23.2. The molecule has 0 bridgehead atoms. The van der Waals surface area contributed by atoms with E-state index in [0.29, 0.717) is 18.5 Å². The molecule has 1 aliphatic rings. The Hall–Kier alpha value is -3.52. The molecular formula is C27H30FN5O2. The van der Waals surface area contributed by atoms with E-state index in [4.69, 9.17) is 14.8 Å². The average molecular weight is 476 g/mol. The number of aryl methyl sites for hydroxylation is 3. The summed E-state index contributed by atoms with van der Waals surface area (Å²) in [6, 6.07) is 9.36. The minimum atomic E-state index is -0.346. The molecule has 0 saturated carbocycles. The van der Waals surface area contributed by atoms with Gasteiger partial charge < -0.3 is 9.30 Å². The van der Waals surface area contributed by atoms with Gasteiger partial charge in [0.25, 0.3) is 0 Å². The highest BCUT2D eigenvalue weighted by atomic mass is 19.1. The molecule has 1 atom stereocenters. The van der Waals surface area contributed by atoms with Gasteiger partial charge in [0.05, 0.1) is 24.0 Å². The third kappa shape index (κ3) is 3.72. The highest BCUT2D eigenvalue weighted by Crippen LogP contribution is 2.35. The lowest BCUT2D eigenvalue weighted by Gasteiger charge is -2.30. The second kappa shape index (κ2) is 8.61. The molecule has 0 aliphatic carbocycles. The zero-order valence-corrected chi connectivity index (χ0v) is 21.0. The summed E-state index contributed by atoms with van der Waals surface area (Å²) in [5.41, 5.74) is 7.35. The molecule has 7 nitrogen and oxygen atoms in total. The largest absolute Gasteiger partial charge is 0.468 e. The van der Waals surface area contributed by atoms with Gasteiger partial charge in [-0.05, 0) is 60.8 Å². The maximum Gasteiger partial charge on any atom is 0.323 e. The molecule has 0 saturated heterocycles. The van der Waals surface area contributed by atoms with E-state index in [1.807, 2.05) is 48.9 Å². The van der Waals surface area contributed by atoms with Crippen LogP contribution in [0.3, 0.4) is 0 Å². The zero-order valence-electron chi connectivity index (χ0n) is 21.0. The Bertz CT molecular complexity index is 1470. The highest BCUT2D eigenvalue weighted by molar-refractivity contribution is 5.94. The molecular weight excluding hydrogens is 445 g/mol. The van der Waals surface area contributed by atoms with Crippen LogP contribution in [0.4, 0.5) is 4.39 Å². The summed E-state index contributed by atoms with van der Waals surface area (Å²) in [6.07, 6.45) is 1.32. The van der Waals surface area contributed by atoms with E-state index in [1.54, 1.807) is 13.0 Å². The molecule has 182 valence electrons. The van der Waals surface area contributed by atoms with E-state index in [2.05, 4.69) is 17.6 Å². The Labute approximate surface area is 204 Å². The standard InChI is InChI=1S/C27H30FN5O2/c1-7-16-10-15(2)20(28)12-19(16)17-8-9-18-22(11-17)33(5)30-25(18)26-29-21-13-23(27(34)35-6)31(3)14-24(21)32(26)4/h8-12,23H,7,13-14H2,1-6H3. The lowest BCUT2D eigenvalue weighted by atomic mass is 9.95. The number of carbonyl (C=O) groups excluding carboxylic acids is 1. The molecule has 1 aliphatic heterocycles. The van der Waals surface area contributed by atoms with Crippen LogP contribution in [0.2, 0.25) is 0 Å². The maximum absolute atomic E-state index is 14.4. The second-order valence-corrected chi connectivity index (χ2v) is 9.36. The number of benzene rings is 2. The van der Waals surface area contributed by atoms with Crippen LogP contribution < -0.4 is 0 Å². The minimum absolute atomic E-state index is 0.197. The fourth-order valence-electron chi connectivity index (χ4n) is 5.14. The predicted octanol–water partition coefficient (Wildman–Crippen LogP) is 4.18. The summed E-state index contributed by atoms with van der Waals surface area (Å²) in [5.74, 6) is 0.319. The number of methoxy groups -OCH3 is 1. The van der Waals surface area contributed by atoms with Crippen LogP contribution in [0.25, 0.3) is 33.5 Å². The van der Waals surface area contributed by atoms with Gasteiger partial charge in [-0.15, -0.1) is 0 Å². The number of esters is 1. The Kier molecular flexibility index (Phi) is 5.71. The predicted molar refractivity (Wildman–Crippen MR) is 133 cm³/mol. The lowest BCUT2D eigenvalue weighted by Crippen LogP contribution is -2.44. The average Bonchev–Trinajstić information content (AvgIpc) is 3.35. The Morgan fingerprint density at radius 1 is 1.20 bits per heavy atom. The number of ether oxygens (including phenoxy) is 1. The van der Waals surface area contributed by atoms with Crippen molar-refractivity contribution in [1.29, 1.82) is 0 Å². The molecule has 2 aromatic carbocycles. The van der Waals surface area contributed by atoms with Gasteiger partial charge in [0.15, 0.2) is 5.82 Å². The summed E-state index contributed by atoms with van der Waals surface area (Å²) < 4.78 is 23.3. The van der Waals surface area contributed by atoms with Crippen molar-refractivity contribution >= 4 is 16.9 Å². The fourth-order valence-corrected chi connectivity index (χ4v) is 5.14. The number of imidazole rings is 1. The zero-order chi connectivity index (χ0) is 25.0. The fraction of sp³-hybridized carbons (Fsp3) is 0.370. The summed E-state index contributed by atoms with van der Waals surface area (Å²) in [6.45, 7) is 4.49. The first-order chi connectivity index (χ1) is 16.7. The van der Waals surface area contributed by atoms with E-state index >= 15 is 0 Å². The lowest BCUT2D eigenvalue weighted by molar-refractivity contribution is -0.147. The topological polar surface area (TPSA) is 65.2 Å². The quantitative estimate of drug-likeness (QED) is 0.415. The van der Waals surface area contributed by atoms with Crippen LogP contribution in [0, 0.1) is 12.7 Å². The van der Waals surface area contributed by atoms with Gasteiger partial charge in [0, 0.05) is 32.4 Å². The van der Waals surface area contributed by atoms with Gasteiger partial charge in [0.1, 0.15) is 17.6 Å². The Morgan fingerprint density at radius 2 is 1.97 bits per heavy atom. The number of hydrogen-bond donors (Lipinski definition) is 0. The molecule has 1 unspecified atom stereocenters. The molecule has 0 radical (unpaired) electrons. The normalized spacial score (nSPS) is 16.0. The van der Waals surface area contributed by atoms with Crippen molar-refractivity contribution in [3.05, 3.63) is 58.7 Å². The number of likely N-dealkylation sites (N-methyl/N-ethyl adjacent to an activating group) is 1. The van der Waals surface area contributed by atoms with E-state index in [-0.39, 0.29) is 17.8 Å². The number of hydrogen-bond acceptors (Lipinski definition) is 5. The molecule has 3 heterocycles. The Morgan fingerprint density at radius 3 is 2.69 bits per heavy atom. The van der Waals surface area contributed by atoms with Crippen LogP contribution in [-0.2, 0) is 43.0 Å². The van der Waals surface area contributed by atoms with Crippen LogP contribution in [0.1, 0.15) is 29.4 Å². The molecule has 35 heavy (non-hydrogen) atoms. The summed E-state index contributed by atoms with van der Waals surface area (Å²) in [5, 5.41) is 5.79. The second-order valence-electron chi connectivity index (χ2n) is 9.36. The molecule has 0 amide bonds. The molecule has 0 spiro atoms. The van der Waals surface area contributed by atoms with Crippen molar-refractivity contribution < 1.29 is 13.9 Å². The number of rotatable bonds is 4. The number of aromatic nitrogens is 4. The third-order valence-electron chi connectivity index (χ3n) is 7.23. The van der Waals surface area contributed by atoms with Crippen LogP contribution in [0.15, 0.2) is 30.3 Å². The maximum atomic E-state index is 14.4. The number of halogens is 1. The first-order valence-corrected chi connectivity index (χ1v) is 11.8. The SMILES string of the molecule is CCc1cc(C)c(F)cc1-c1ccc2c(-c3nc4c(n3C)CN(C)C(C(=O)OC)C4)nn(C)c2c1. The number of fused-ring (bicyclic) bond motifs is 2. The summed E-state index contributed by atoms with van der Waals surface area (Å²) in [7, 11) is 7.24. The van der Waals surface area contributed by atoms with Gasteiger partial charge in [0.2, 0.25) is 0 Å². The van der Waals surface area contributed by atoms with E-state index in [0.717, 1.165) is 56.9 Å². The van der Waals surface area contributed by atoms with Crippen LogP contribution in [0.5, 0.6) is 0 Å². The number of nitrogens with zero attached hydrogens (tertiary/aromatic N) is 5. The third-order valence-corrected chi connectivity index (χ3v) is 7.23. The highest BCUT2D eigenvalue weighted by Gasteiger charge is 2.34. The summed E-state index contributed by atoms with van der Waals surface area (Å²) in [4.78, 5) is 19.1. The van der Waals surface area contributed by atoms with Gasteiger partial charge in [-0.2, -0.15) is 5.10 Å². The number of carbonyl (C=O) groups is 1. The van der Waals surface area contributed by atoms with Gasteiger partial charge in [-0.25, -0.2) is 9.37 Å². The smallest absolute Gasteiger partial charge is 0.323 e. The van der Waals surface area contributed by atoms with Crippen molar-refractivity contribution in [2.45, 2.75) is 39.3 Å². The van der Waals surface area contributed by atoms with Crippen LogP contribution >= 0.6 is 0 Å². The molecule has 0 N–H and O–H groups in total. The van der Waals surface area contributed by atoms with E-state index in [9.17, 15) is 9.18 Å². The van der Waals surface area contributed by atoms with Gasteiger partial charge >= 0.3 is 5.97 Å². The van der Waals surface area contributed by atoms with Gasteiger partial charge in [-0.3, -0.25) is 14.4 Å². The molecule has 4 aromatic rings. The van der Waals surface area contributed by atoms with Crippen molar-refractivity contribution in [3.63, 3.8) is 0 Å². The minimum Gasteiger partial charge on any atom is -0.468 e. The van der Waals surface area contributed by atoms with Crippen molar-refractivity contribution in [2.24, 2.45) is 14.1 Å². The first-order valence-electron chi connectivity index (χ1n) is 11.8. The monoisotopic (exact) mass is 475 g/mol. The van der Waals surface area contributed by atoms with E-state index < -0.39 is 0 Å². The van der Waals surface area contributed by atoms with Crippen molar-refractivity contribution in [3.8, 4) is 22.6 Å². The van der Waals surface area contributed by atoms with E-state index in [1.165, 1.54) is 7.11 Å². The van der Waals surface area contributed by atoms with Crippen molar-refractivity contribution in [1.82, 2.24) is 24.2 Å². The van der Waals surface area contributed by atoms with Crippen molar-refractivity contribution in [2.75, 3.05) is 14.2 Å². The Balaban J connectivity index is 1.60. The summed E-state index contributed by atoms with van der Waals surface area (Å²) >= 11 is 0. The molecule has 8 heteroatoms. The molecule has 2 aromatic heterocycles. The van der Waals surface area contributed by atoms with Gasteiger partial charge in [-0.1, -0.05) is 19.1 Å².